The zero-order chi connectivity index (χ0) is 14.6. The molecule has 1 heterocycles. The number of nitrogens with zero attached hydrogens (tertiary/aromatic N) is 1. The average Bonchev–Trinajstić information content (AvgIpc) is 2.38. The van der Waals surface area contributed by atoms with E-state index in [1.165, 1.54) is 0 Å². The summed E-state index contributed by atoms with van der Waals surface area (Å²) in [6, 6.07) is 7.43. The first-order chi connectivity index (χ1) is 9.45. The lowest BCUT2D eigenvalue weighted by Gasteiger charge is -2.33. The van der Waals surface area contributed by atoms with Gasteiger partial charge in [-0.1, -0.05) is 22.0 Å². The standard InChI is InChI=1S/C14H17BrF3NO/c15-12-4-1-5-13(9-12)20-8-7-19-6-2-3-11(10-19)14(16,17)18/h1,4-5,9,11H,2-3,6-8,10H2. The average molecular weight is 352 g/mol. The Kier molecular flexibility index (Phi) is 5.32. The molecule has 1 fully saturated rings. The van der Waals surface area contributed by atoms with Crippen molar-refractivity contribution in [2.45, 2.75) is 19.0 Å². The number of hydrogen-bond acceptors (Lipinski definition) is 2. The van der Waals surface area contributed by atoms with Crippen molar-refractivity contribution >= 4 is 15.9 Å². The van der Waals surface area contributed by atoms with Gasteiger partial charge in [0.1, 0.15) is 12.4 Å². The van der Waals surface area contributed by atoms with Crippen molar-refractivity contribution in [3.63, 3.8) is 0 Å². The summed E-state index contributed by atoms with van der Waals surface area (Å²) in [5.41, 5.74) is 0. The van der Waals surface area contributed by atoms with Crippen LogP contribution in [0.4, 0.5) is 13.2 Å². The van der Waals surface area contributed by atoms with E-state index in [2.05, 4.69) is 15.9 Å². The second-order valence-electron chi connectivity index (χ2n) is 4.99. The topological polar surface area (TPSA) is 12.5 Å². The van der Waals surface area contributed by atoms with E-state index in [0.717, 1.165) is 10.2 Å². The Balaban J connectivity index is 1.76. The van der Waals surface area contributed by atoms with E-state index < -0.39 is 12.1 Å². The van der Waals surface area contributed by atoms with E-state index in [1.807, 2.05) is 29.2 Å². The van der Waals surface area contributed by atoms with E-state index in [0.29, 0.717) is 26.1 Å². The Morgan fingerprint density at radius 1 is 1.35 bits per heavy atom. The van der Waals surface area contributed by atoms with Crippen LogP contribution >= 0.6 is 15.9 Å². The molecule has 20 heavy (non-hydrogen) atoms. The molecule has 1 unspecified atom stereocenters. The van der Waals surface area contributed by atoms with E-state index >= 15 is 0 Å². The molecule has 0 saturated carbocycles. The number of ether oxygens (including phenoxy) is 1. The summed E-state index contributed by atoms with van der Waals surface area (Å²) in [5.74, 6) is -0.467. The Morgan fingerprint density at radius 3 is 2.85 bits per heavy atom. The van der Waals surface area contributed by atoms with Gasteiger partial charge < -0.3 is 4.74 Å². The summed E-state index contributed by atoms with van der Waals surface area (Å²) in [5, 5.41) is 0. The highest BCUT2D eigenvalue weighted by atomic mass is 79.9. The highest BCUT2D eigenvalue weighted by molar-refractivity contribution is 9.10. The summed E-state index contributed by atoms with van der Waals surface area (Å²) < 4.78 is 44.5. The van der Waals surface area contributed by atoms with Crippen LogP contribution in [0.2, 0.25) is 0 Å². The molecule has 1 saturated heterocycles. The van der Waals surface area contributed by atoms with Crippen molar-refractivity contribution in [3.05, 3.63) is 28.7 Å². The van der Waals surface area contributed by atoms with Gasteiger partial charge in [-0.2, -0.15) is 13.2 Å². The first-order valence-electron chi connectivity index (χ1n) is 6.62. The lowest BCUT2D eigenvalue weighted by atomic mass is 9.98. The van der Waals surface area contributed by atoms with Crippen LogP contribution in [-0.4, -0.2) is 37.3 Å². The monoisotopic (exact) mass is 351 g/mol. The summed E-state index contributed by atoms with van der Waals surface area (Å²) in [4.78, 5) is 1.83. The molecule has 2 rings (SSSR count). The van der Waals surface area contributed by atoms with Crippen LogP contribution in [-0.2, 0) is 0 Å². The third-order valence-electron chi connectivity index (χ3n) is 3.44. The van der Waals surface area contributed by atoms with Gasteiger partial charge in [0.05, 0.1) is 5.92 Å². The van der Waals surface area contributed by atoms with Crippen molar-refractivity contribution in [1.82, 2.24) is 4.90 Å². The first kappa shape index (κ1) is 15.6. The van der Waals surface area contributed by atoms with Crippen LogP contribution in [0.15, 0.2) is 28.7 Å². The molecule has 2 nitrogen and oxygen atoms in total. The second kappa shape index (κ2) is 6.80. The molecule has 1 aliphatic heterocycles. The maximum atomic E-state index is 12.7. The second-order valence-corrected chi connectivity index (χ2v) is 5.90. The minimum absolute atomic E-state index is 0.0886. The molecule has 112 valence electrons. The van der Waals surface area contributed by atoms with Gasteiger partial charge >= 0.3 is 6.18 Å². The summed E-state index contributed by atoms with van der Waals surface area (Å²) in [7, 11) is 0. The minimum Gasteiger partial charge on any atom is -0.492 e. The van der Waals surface area contributed by atoms with Crippen LogP contribution in [0.3, 0.4) is 0 Å². The van der Waals surface area contributed by atoms with Gasteiger partial charge in [-0.15, -0.1) is 0 Å². The molecule has 1 aromatic rings. The molecule has 0 aliphatic carbocycles. The van der Waals surface area contributed by atoms with Crippen LogP contribution in [0.1, 0.15) is 12.8 Å². The van der Waals surface area contributed by atoms with Gasteiger partial charge in [0.2, 0.25) is 0 Å². The number of benzene rings is 1. The Bertz CT molecular complexity index is 439. The molecule has 6 heteroatoms. The maximum Gasteiger partial charge on any atom is 0.393 e. The number of likely N-dealkylation sites (tertiary alicyclic amines) is 1. The van der Waals surface area contributed by atoms with Gasteiger partial charge in [-0.25, -0.2) is 0 Å². The molecule has 1 atom stereocenters. The highest BCUT2D eigenvalue weighted by Gasteiger charge is 2.41. The van der Waals surface area contributed by atoms with Crippen LogP contribution in [0, 0.1) is 5.92 Å². The quantitative estimate of drug-likeness (QED) is 0.809. The highest BCUT2D eigenvalue weighted by Crippen LogP contribution is 2.32. The van der Waals surface area contributed by atoms with Crippen LogP contribution in [0.5, 0.6) is 5.75 Å². The van der Waals surface area contributed by atoms with Crippen molar-refractivity contribution in [3.8, 4) is 5.75 Å². The Hall–Kier alpha value is -0.750. The predicted octanol–water partition coefficient (Wildman–Crippen LogP) is 4.10. The van der Waals surface area contributed by atoms with E-state index in [4.69, 9.17) is 4.74 Å². The first-order valence-corrected chi connectivity index (χ1v) is 7.42. The maximum absolute atomic E-state index is 12.7. The lowest BCUT2D eigenvalue weighted by molar-refractivity contribution is -0.186. The third kappa shape index (κ3) is 4.66. The zero-order valence-electron chi connectivity index (χ0n) is 11.0. The molecule has 1 aliphatic rings. The largest absolute Gasteiger partial charge is 0.492 e. The number of alkyl halides is 3. The fourth-order valence-corrected chi connectivity index (χ4v) is 2.75. The molecule has 0 N–H and O–H groups in total. The normalized spacial score (nSPS) is 20.9. The van der Waals surface area contributed by atoms with Crippen molar-refractivity contribution in [2.75, 3.05) is 26.2 Å². The molecular weight excluding hydrogens is 335 g/mol. The van der Waals surface area contributed by atoms with Gasteiger partial charge in [-0.3, -0.25) is 4.90 Å². The van der Waals surface area contributed by atoms with Gasteiger partial charge in [0, 0.05) is 17.6 Å². The lowest BCUT2D eigenvalue weighted by Crippen LogP contribution is -2.43. The summed E-state index contributed by atoms with van der Waals surface area (Å²) >= 11 is 3.34. The van der Waals surface area contributed by atoms with Crippen molar-refractivity contribution in [2.24, 2.45) is 5.92 Å². The van der Waals surface area contributed by atoms with Gasteiger partial charge in [0.25, 0.3) is 0 Å². The van der Waals surface area contributed by atoms with Gasteiger partial charge in [0.15, 0.2) is 0 Å². The van der Waals surface area contributed by atoms with Crippen LogP contribution in [0.25, 0.3) is 0 Å². The smallest absolute Gasteiger partial charge is 0.393 e. The van der Waals surface area contributed by atoms with Crippen molar-refractivity contribution in [1.29, 1.82) is 0 Å². The molecular formula is C14H17BrF3NO. The third-order valence-corrected chi connectivity index (χ3v) is 3.93. The molecule has 0 spiro atoms. The fourth-order valence-electron chi connectivity index (χ4n) is 2.38. The summed E-state index contributed by atoms with van der Waals surface area (Å²) in [6.07, 6.45) is -3.24. The molecule has 0 amide bonds. The van der Waals surface area contributed by atoms with E-state index in [1.54, 1.807) is 0 Å². The van der Waals surface area contributed by atoms with E-state index in [9.17, 15) is 13.2 Å². The van der Waals surface area contributed by atoms with Crippen molar-refractivity contribution < 1.29 is 17.9 Å². The Morgan fingerprint density at radius 2 is 2.15 bits per heavy atom. The van der Waals surface area contributed by atoms with Gasteiger partial charge in [-0.05, 0) is 37.6 Å². The molecule has 0 radical (unpaired) electrons. The number of rotatable bonds is 4. The number of halogens is 4. The van der Waals surface area contributed by atoms with E-state index in [-0.39, 0.29) is 13.0 Å². The zero-order valence-corrected chi connectivity index (χ0v) is 12.6. The van der Waals surface area contributed by atoms with Crippen LogP contribution < -0.4 is 4.74 Å². The predicted molar refractivity (Wildman–Crippen MR) is 74.9 cm³/mol. The molecule has 1 aromatic carbocycles. The number of hydrogen-bond donors (Lipinski definition) is 0. The Labute approximate surface area is 125 Å². The molecule has 0 bridgehead atoms. The number of piperidine rings is 1. The fraction of sp³-hybridized carbons (Fsp3) is 0.571. The molecule has 0 aromatic heterocycles. The minimum atomic E-state index is -4.08. The SMILES string of the molecule is FC(F)(F)C1CCCN(CCOc2cccc(Br)c2)C1. The summed E-state index contributed by atoms with van der Waals surface area (Å²) in [6.45, 7) is 1.74.